The maximum Gasteiger partial charge on any atom is 0.253 e. The zero-order valence-electron chi connectivity index (χ0n) is 19.1. The number of halogens is 2. The van der Waals surface area contributed by atoms with Gasteiger partial charge in [0.2, 0.25) is 5.91 Å². The fourth-order valence-electron chi connectivity index (χ4n) is 4.07. The molecule has 2 aromatic carbocycles. The van der Waals surface area contributed by atoms with Crippen molar-refractivity contribution in [2.75, 3.05) is 5.32 Å². The van der Waals surface area contributed by atoms with Crippen molar-refractivity contribution < 1.29 is 14.0 Å². The third-order valence-electron chi connectivity index (χ3n) is 5.95. The van der Waals surface area contributed by atoms with E-state index in [4.69, 9.17) is 11.6 Å². The molecular weight excluding hydrogens is 457 g/mol. The average Bonchev–Trinajstić information content (AvgIpc) is 3.06. The van der Waals surface area contributed by atoms with Crippen LogP contribution in [-0.2, 0) is 17.8 Å². The molecule has 0 saturated heterocycles. The Kier molecular flexibility index (Phi) is 7.26. The van der Waals surface area contributed by atoms with Crippen LogP contribution in [0.15, 0.2) is 42.5 Å². The Morgan fingerprint density at radius 2 is 1.88 bits per heavy atom. The molecule has 2 N–H and O–H groups in total. The van der Waals surface area contributed by atoms with E-state index in [1.807, 2.05) is 0 Å². The molecule has 1 aromatic heterocycles. The summed E-state index contributed by atoms with van der Waals surface area (Å²) in [6, 6.07) is 10.2. The number of aromatic nitrogens is 3. The molecule has 178 valence electrons. The summed E-state index contributed by atoms with van der Waals surface area (Å²) < 4.78 is 16.7. The van der Waals surface area contributed by atoms with Crippen LogP contribution in [0.3, 0.4) is 0 Å². The van der Waals surface area contributed by atoms with E-state index in [0.717, 1.165) is 38.1 Å². The molecule has 7 nitrogen and oxygen atoms in total. The minimum Gasteiger partial charge on any atom is -0.340 e. The van der Waals surface area contributed by atoms with Crippen LogP contribution in [0, 0.1) is 11.7 Å². The standard InChI is InChI=1S/C25H27ClFN5O2/c1-15(2)22(29-24(33)17-8-5-6-9-18(17)26)25(34)28-20-14-16(11-12-19(20)27)23-31-30-21-10-4-3-7-13-32(21)23/h5-6,8-9,11-12,14-15,22H,3-4,7,10,13H2,1-2H3,(H,28,34)(H,29,33). The Bertz CT molecular complexity index is 1210. The predicted octanol–water partition coefficient (Wildman–Crippen LogP) is 4.86. The van der Waals surface area contributed by atoms with Gasteiger partial charge >= 0.3 is 0 Å². The molecule has 9 heteroatoms. The van der Waals surface area contributed by atoms with Gasteiger partial charge in [0.1, 0.15) is 17.7 Å². The Balaban J connectivity index is 1.55. The fourth-order valence-corrected chi connectivity index (χ4v) is 4.29. The highest BCUT2D eigenvalue weighted by atomic mass is 35.5. The first-order chi connectivity index (χ1) is 16.3. The highest BCUT2D eigenvalue weighted by Gasteiger charge is 2.26. The summed E-state index contributed by atoms with van der Waals surface area (Å²) in [6.07, 6.45) is 4.09. The van der Waals surface area contributed by atoms with E-state index in [9.17, 15) is 14.0 Å². The first kappa shape index (κ1) is 23.9. The van der Waals surface area contributed by atoms with Gasteiger partial charge in [0.15, 0.2) is 5.82 Å². The molecule has 0 fully saturated rings. The van der Waals surface area contributed by atoms with Gasteiger partial charge in [-0.15, -0.1) is 10.2 Å². The van der Waals surface area contributed by atoms with Crippen LogP contribution < -0.4 is 10.6 Å². The van der Waals surface area contributed by atoms with Gasteiger partial charge in [-0.05, 0) is 49.1 Å². The molecule has 0 bridgehead atoms. The number of hydrogen-bond acceptors (Lipinski definition) is 4. The molecule has 0 saturated carbocycles. The van der Waals surface area contributed by atoms with Crippen LogP contribution in [0.1, 0.15) is 49.3 Å². The lowest BCUT2D eigenvalue weighted by Crippen LogP contribution is -2.47. The Labute approximate surface area is 202 Å². The van der Waals surface area contributed by atoms with E-state index in [0.29, 0.717) is 11.4 Å². The van der Waals surface area contributed by atoms with Gasteiger partial charge in [-0.1, -0.05) is 44.0 Å². The van der Waals surface area contributed by atoms with Gasteiger partial charge in [-0.3, -0.25) is 9.59 Å². The second-order valence-electron chi connectivity index (χ2n) is 8.76. The molecule has 4 rings (SSSR count). The molecule has 0 spiro atoms. The van der Waals surface area contributed by atoms with Crippen molar-refractivity contribution in [3.05, 3.63) is 64.7 Å². The molecule has 2 amide bonds. The van der Waals surface area contributed by atoms with Crippen molar-refractivity contribution >= 4 is 29.1 Å². The quantitative estimate of drug-likeness (QED) is 0.524. The Morgan fingerprint density at radius 1 is 1.09 bits per heavy atom. The molecule has 1 aliphatic heterocycles. The summed E-state index contributed by atoms with van der Waals surface area (Å²) in [5.41, 5.74) is 0.952. The molecule has 0 aliphatic carbocycles. The molecule has 1 aliphatic rings. The normalized spacial score (nSPS) is 14.3. The Hall–Kier alpha value is -3.26. The monoisotopic (exact) mass is 483 g/mol. The zero-order chi connectivity index (χ0) is 24.2. The van der Waals surface area contributed by atoms with Crippen molar-refractivity contribution in [3.8, 4) is 11.4 Å². The van der Waals surface area contributed by atoms with Crippen molar-refractivity contribution in [1.29, 1.82) is 0 Å². The van der Waals surface area contributed by atoms with Crippen LogP contribution in [-0.4, -0.2) is 32.6 Å². The second kappa shape index (κ2) is 10.3. The lowest BCUT2D eigenvalue weighted by atomic mass is 10.0. The molecule has 1 unspecified atom stereocenters. The number of fused-ring (bicyclic) bond motifs is 1. The number of aryl methyl sites for hydroxylation is 1. The molecule has 34 heavy (non-hydrogen) atoms. The van der Waals surface area contributed by atoms with E-state index >= 15 is 0 Å². The summed E-state index contributed by atoms with van der Waals surface area (Å²) in [5.74, 6) is -0.242. The van der Waals surface area contributed by atoms with Gasteiger partial charge in [-0.25, -0.2) is 4.39 Å². The van der Waals surface area contributed by atoms with Gasteiger partial charge in [0, 0.05) is 18.5 Å². The van der Waals surface area contributed by atoms with E-state index in [1.165, 1.54) is 6.07 Å². The number of nitrogens with zero attached hydrogens (tertiary/aromatic N) is 3. The van der Waals surface area contributed by atoms with E-state index in [1.54, 1.807) is 50.2 Å². The lowest BCUT2D eigenvalue weighted by molar-refractivity contribution is -0.118. The number of anilines is 1. The maximum atomic E-state index is 14.7. The van der Waals surface area contributed by atoms with Crippen molar-refractivity contribution in [3.63, 3.8) is 0 Å². The van der Waals surface area contributed by atoms with Crippen LogP contribution >= 0.6 is 11.6 Å². The van der Waals surface area contributed by atoms with E-state index < -0.39 is 23.7 Å². The SMILES string of the molecule is CC(C)C(NC(=O)c1ccccc1Cl)C(=O)Nc1cc(-c2nnc3n2CCCCC3)ccc1F. The first-order valence-electron chi connectivity index (χ1n) is 11.4. The third kappa shape index (κ3) is 5.12. The highest BCUT2D eigenvalue weighted by molar-refractivity contribution is 6.33. The third-order valence-corrected chi connectivity index (χ3v) is 6.28. The van der Waals surface area contributed by atoms with E-state index in [-0.39, 0.29) is 22.2 Å². The Morgan fingerprint density at radius 3 is 2.65 bits per heavy atom. The van der Waals surface area contributed by atoms with Crippen LogP contribution in [0.2, 0.25) is 5.02 Å². The summed E-state index contributed by atoms with van der Waals surface area (Å²) in [6.45, 7) is 4.41. The van der Waals surface area contributed by atoms with Gasteiger partial charge < -0.3 is 15.2 Å². The molecule has 3 aromatic rings. The number of hydrogen-bond donors (Lipinski definition) is 2. The maximum absolute atomic E-state index is 14.7. The largest absolute Gasteiger partial charge is 0.340 e. The van der Waals surface area contributed by atoms with Crippen LogP contribution in [0.4, 0.5) is 10.1 Å². The summed E-state index contributed by atoms with van der Waals surface area (Å²) >= 11 is 6.12. The molecule has 1 atom stereocenters. The smallest absolute Gasteiger partial charge is 0.253 e. The number of benzene rings is 2. The fraction of sp³-hybridized carbons (Fsp3) is 0.360. The highest BCUT2D eigenvalue weighted by Crippen LogP contribution is 2.27. The summed E-state index contributed by atoms with van der Waals surface area (Å²) in [4.78, 5) is 25.8. The average molecular weight is 484 g/mol. The number of carbonyl (C=O) groups excluding carboxylic acids is 2. The number of nitrogens with one attached hydrogen (secondary N) is 2. The van der Waals surface area contributed by atoms with E-state index in [2.05, 4.69) is 25.4 Å². The lowest BCUT2D eigenvalue weighted by Gasteiger charge is -2.22. The van der Waals surface area contributed by atoms with Crippen molar-refractivity contribution in [2.24, 2.45) is 5.92 Å². The van der Waals surface area contributed by atoms with Crippen LogP contribution in [0.25, 0.3) is 11.4 Å². The predicted molar refractivity (Wildman–Crippen MR) is 129 cm³/mol. The first-order valence-corrected chi connectivity index (χ1v) is 11.8. The van der Waals surface area contributed by atoms with Crippen molar-refractivity contribution in [2.45, 2.75) is 52.1 Å². The van der Waals surface area contributed by atoms with Gasteiger partial charge in [0.05, 0.1) is 16.3 Å². The zero-order valence-corrected chi connectivity index (χ0v) is 19.9. The minimum absolute atomic E-state index is 0.0196. The number of carbonyl (C=O) groups is 2. The number of rotatable bonds is 6. The van der Waals surface area contributed by atoms with Gasteiger partial charge in [-0.2, -0.15) is 0 Å². The number of amides is 2. The second-order valence-corrected chi connectivity index (χ2v) is 9.17. The summed E-state index contributed by atoms with van der Waals surface area (Å²) in [5, 5.41) is 14.3. The summed E-state index contributed by atoms with van der Waals surface area (Å²) in [7, 11) is 0. The van der Waals surface area contributed by atoms with Crippen LogP contribution in [0.5, 0.6) is 0 Å². The molecule has 0 radical (unpaired) electrons. The molecular formula is C25H27ClFN5O2. The topological polar surface area (TPSA) is 88.9 Å². The molecule has 2 heterocycles. The van der Waals surface area contributed by atoms with Crippen molar-refractivity contribution in [1.82, 2.24) is 20.1 Å². The minimum atomic E-state index is -0.892. The van der Waals surface area contributed by atoms with Gasteiger partial charge in [0.25, 0.3) is 5.91 Å².